The molecule has 0 amide bonds. The van der Waals surface area contributed by atoms with Crippen molar-refractivity contribution >= 4 is 72.6 Å². The zero-order valence-corrected chi connectivity index (χ0v) is 33.6. The second kappa shape index (κ2) is 13.1. The molecule has 5 heteroatoms. The van der Waals surface area contributed by atoms with E-state index in [2.05, 4.69) is 171 Å². The lowest BCUT2D eigenvalue weighted by Gasteiger charge is -2.35. The summed E-state index contributed by atoms with van der Waals surface area (Å²) in [6.45, 7) is 6.68. The van der Waals surface area contributed by atoms with Crippen molar-refractivity contribution < 1.29 is 9.15 Å². The molecule has 0 unspecified atom stereocenters. The van der Waals surface area contributed by atoms with Gasteiger partial charge in [-0.25, -0.2) is 0 Å². The molecular formula is C55H39BN2O2. The third-order valence-electron chi connectivity index (χ3n) is 12.6. The van der Waals surface area contributed by atoms with E-state index in [0.717, 1.165) is 61.9 Å². The number of furan rings is 1. The van der Waals surface area contributed by atoms with E-state index in [-0.39, 0.29) is 12.1 Å². The van der Waals surface area contributed by atoms with Gasteiger partial charge in [0.15, 0.2) is 11.5 Å². The number of rotatable bonds is 4. The van der Waals surface area contributed by atoms with Gasteiger partial charge in [-0.2, -0.15) is 0 Å². The topological polar surface area (TPSA) is 38.5 Å². The second-order valence-electron chi connectivity index (χ2n) is 17.1. The number of pyridine rings is 1. The van der Waals surface area contributed by atoms with Crippen molar-refractivity contribution in [1.29, 1.82) is 0 Å². The van der Waals surface area contributed by atoms with Gasteiger partial charge in [-0.1, -0.05) is 165 Å². The van der Waals surface area contributed by atoms with Crippen molar-refractivity contribution in [2.75, 3.05) is 4.90 Å². The third kappa shape index (κ3) is 5.15. The highest BCUT2D eigenvalue weighted by Crippen LogP contribution is 2.53. The minimum Gasteiger partial charge on any atom is -0.464 e. The monoisotopic (exact) mass is 770 g/mol. The molecule has 284 valence electrons. The molecule has 0 saturated carbocycles. The maximum absolute atomic E-state index is 6.53. The van der Waals surface area contributed by atoms with E-state index >= 15 is 0 Å². The van der Waals surface area contributed by atoms with Crippen molar-refractivity contribution in [3.8, 4) is 45.1 Å². The van der Waals surface area contributed by atoms with Crippen molar-refractivity contribution in [2.45, 2.75) is 26.2 Å². The lowest BCUT2D eigenvalue weighted by molar-refractivity contribution is 0.477. The highest BCUT2D eigenvalue weighted by atomic mass is 16.5. The molecule has 8 aromatic carbocycles. The van der Waals surface area contributed by atoms with Crippen LogP contribution in [0, 0.1) is 0 Å². The van der Waals surface area contributed by atoms with Crippen LogP contribution in [-0.4, -0.2) is 11.7 Å². The Morgan fingerprint density at radius 1 is 0.550 bits per heavy atom. The van der Waals surface area contributed by atoms with Gasteiger partial charge < -0.3 is 14.1 Å². The van der Waals surface area contributed by atoms with E-state index < -0.39 is 0 Å². The molecule has 0 bridgehead atoms. The Morgan fingerprint density at radius 2 is 1.17 bits per heavy atom. The zero-order chi connectivity index (χ0) is 40.1. The van der Waals surface area contributed by atoms with Gasteiger partial charge in [-0.05, 0) is 80.9 Å². The lowest BCUT2D eigenvalue weighted by Crippen LogP contribution is -2.55. The number of nitrogens with zero attached hydrogens (tertiary/aromatic N) is 2. The van der Waals surface area contributed by atoms with Gasteiger partial charge in [-0.15, -0.1) is 0 Å². The predicted octanol–water partition coefficient (Wildman–Crippen LogP) is 12.8. The number of hydrogen-bond donors (Lipinski definition) is 0. The molecule has 0 radical (unpaired) electrons. The highest BCUT2D eigenvalue weighted by Gasteiger charge is 2.38. The molecule has 2 aromatic heterocycles. The molecule has 2 aliphatic heterocycles. The van der Waals surface area contributed by atoms with E-state index in [4.69, 9.17) is 14.1 Å². The van der Waals surface area contributed by atoms with E-state index in [0.29, 0.717) is 0 Å². The molecule has 0 atom stereocenters. The maximum Gasteiger partial charge on any atom is 0.244 e. The maximum atomic E-state index is 6.53. The molecule has 60 heavy (non-hydrogen) atoms. The summed E-state index contributed by atoms with van der Waals surface area (Å²) < 4.78 is 12.6. The van der Waals surface area contributed by atoms with E-state index in [1.165, 1.54) is 54.6 Å². The van der Waals surface area contributed by atoms with Crippen molar-refractivity contribution in [3.05, 3.63) is 188 Å². The van der Waals surface area contributed by atoms with Crippen LogP contribution in [-0.2, 0) is 5.41 Å². The minimum atomic E-state index is -0.119. The molecule has 0 fully saturated rings. The summed E-state index contributed by atoms with van der Waals surface area (Å²) in [4.78, 5) is 7.66. The number of hydrogen-bond acceptors (Lipinski definition) is 4. The summed E-state index contributed by atoms with van der Waals surface area (Å²) in [5.41, 5.74) is 15.0. The lowest BCUT2D eigenvalue weighted by atomic mass is 9.32. The summed E-state index contributed by atoms with van der Waals surface area (Å²) in [5.74, 6) is 2.48. The number of para-hydroxylation sites is 4. The first-order valence-electron chi connectivity index (χ1n) is 20.7. The summed E-state index contributed by atoms with van der Waals surface area (Å²) in [7, 11) is 0. The van der Waals surface area contributed by atoms with Crippen LogP contribution in [0.1, 0.15) is 26.3 Å². The fourth-order valence-corrected chi connectivity index (χ4v) is 9.90. The Bertz CT molecular complexity index is 3240. The van der Waals surface area contributed by atoms with Crippen molar-refractivity contribution in [2.24, 2.45) is 0 Å². The Hall–Kier alpha value is -7.37. The number of ether oxygens (including phenoxy) is 1. The average Bonchev–Trinajstić information content (AvgIpc) is 3.83. The van der Waals surface area contributed by atoms with Crippen LogP contribution in [0.15, 0.2) is 187 Å². The van der Waals surface area contributed by atoms with Crippen LogP contribution in [0.25, 0.3) is 66.0 Å². The van der Waals surface area contributed by atoms with Gasteiger partial charge in [0.05, 0.1) is 28.8 Å². The first-order chi connectivity index (χ1) is 29.4. The van der Waals surface area contributed by atoms with Gasteiger partial charge in [0.1, 0.15) is 5.76 Å². The first-order valence-corrected chi connectivity index (χ1v) is 20.7. The van der Waals surface area contributed by atoms with Gasteiger partial charge in [0.2, 0.25) is 6.71 Å². The van der Waals surface area contributed by atoms with Crippen molar-refractivity contribution in [1.82, 2.24) is 4.98 Å². The van der Waals surface area contributed by atoms with Gasteiger partial charge >= 0.3 is 0 Å². The van der Waals surface area contributed by atoms with Crippen LogP contribution < -0.4 is 26.0 Å². The molecule has 0 N–H and O–H groups in total. The largest absolute Gasteiger partial charge is 0.464 e. The normalized spacial score (nSPS) is 13.0. The van der Waals surface area contributed by atoms with Gasteiger partial charge in [0.25, 0.3) is 0 Å². The molecule has 12 rings (SSSR count). The number of aromatic nitrogens is 1. The average molecular weight is 771 g/mol. The minimum absolute atomic E-state index is 0.0566. The molecule has 2 aliphatic rings. The molecule has 0 aliphatic carbocycles. The predicted molar refractivity (Wildman–Crippen MR) is 250 cm³/mol. The summed E-state index contributed by atoms with van der Waals surface area (Å²) in [5, 5.41) is 5.93. The SMILES string of the molecule is CC(C)(C)c1ccc(-c2cc3c4c(c(-c5ccco5)cnc4c2)-c2ccccc2B3c2c3ccccc3c(N3c4ccccc4Oc4ccccc43)c3ccccc23)cc1. The number of anilines is 3. The van der Waals surface area contributed by atoms with E-state index in [9.17, 15) is 0 Å². The highest BCUT2D eigenvalue weighted by molar-refractivity contribution is 7.01. The summed E-state index contributed by atoms with van der Waals surface area (Å²) in [6.07, 6.45) is 3.75. The molecule has 10 aromatic rings. The van der Waals surface area contributed by atoms with Gasteiger partial charge in [-0.3, -0.25) is 4.98 Å². The second-order valence-corrected chi connectivity index (χ2v) is 17.1. The fourth-order valence-electron chi connectivity index (χ4n) is 9.90. The number of benzene rings is 8. The van der Waals surface area contributed by atoms with Crippen LogP contribution in [0.4, 0.5) is 17.1 Å². The van der Waals surface area contributed by atoms with Crippen LogP contribution in [0.2, 0.25) is 0 Å². The molecular weight excluding hydrogens is 731 g/mol. The summed E-state index contributed by atoms with van der Waals surface area (Å²) in [6, 6.07) is 61.5. The van der Waals surface area contributed by atoms with Crippen LogP contribution in [0.3, 0.4) is 0 Å². The first kappa shape index (κ1) is 34.7. The smallest absolute Gasteiger partial charge is 0.244 e. The summed E-state index contributed by atoms with van der Waals surface area (Å²) >= 11 is 0. The van der Waals surface area contributed by atoms with E-state index in [1.54, 1.807) is 6.26 Å². The fraction of sp³-hybridized carbons (Fsp3) is 0.0727. The van der Waals surface area contributed by atoms with Crippen molar-refractivity contribution in [3.63, 3.8) is 0 Å². The van der Waals surface area contributed by atoms with E-state index in [1.807, 2.05) is 30.5 Å². The Kier molecular flexibility index (Phi) is 7.55. The Balaban J connectivity index is 1.20. The molecule has 4 heterocycles. The zero-order valence-electron chi connectivity index (χ0n) is 33.6. The quantitative estimate of drug-likeness (QED) is 0.132. The van der Waals surface area contributed by atoms with Gasteiger partial charge in [0, 0.05) is 33.5 Å². The standard InChI is InChI=1S/C55H39BN2O2/c1-55(2,3)36-28-26-34(27-29-36)35-31-44-52-45(32-35)57-33-42(48-25-14-30-59-48)51(52)41-19-8-9-20-43(41)56(44)53-37-15-4-6-17-39(37)54(40-18-7-5-16-38(40)53)58-46-21-10-12-23-49(46)60-50-24-13-11-22-47(50)58/h4-33H,1-3H3. The number of fused-ring (bicyclic) bond motifs is 6. The molecule has 0 spiro atoms. The Labute approximate surface area is 349 Å². The van der Waals surface area contributed by atoms with Crippen LogP contribution in [0.5, 0.6) is 11.5 Å². The van der Waals surface area contributed by atoms with Crippen LogP contribution >= 0.6 is 0 Å². The third-order valence-corrected chi connectivity index (χ3v) is 12.6. The molecule has 0 saturated heterocycles. The molecule has 4 nitrogen and oxygen atoms in total. The Morgan fingerprint density at radius 3 is 1.82 bits per heavy atom.